The van der Waals surface area contributed by atoms with Gasteiger partial charge in [0.2, 0.25) is 0 Å². The molecule has 9 nitrogen and oxygen atoms in total. The highest BCUT2D eigenvalue weighted by Crippen LogP contribution is 2.37. The lowest BCUT2D eigenvalue weighted by molar-refractivity contribution is -0.133. The molecule has 192 valence electrons. The van der Waals surface area contributed by atoms with Crippen LogP contribution in [0.25, 0.3) is 31.6 Å². The molecule has 0 bridgehead atoms. The van der Waals surface area contributed by atoms with E-state index >= 15 is 4.39 Å². The monoisotopic (exact) mass is 524 g/mol. The third kappa shape index (κ3) is 5.01. The number of fused-ring (bicyclic) bond motifs is 2. The van der Waals surface area contributed by atoms with Gasteiger partial charge < -0.3 is 24.5 Å². The van der Waals surface area contributed by atoms with Gasteiger partial charge in [-0.2, -0.15) is 5.26 Å². The van der Waals surface area contributed by atoms with Crippen LogP contribution in [0.2, 0.25) is 0 Å². The van der Waals surface area contributed by atoms with E-state index in [-0.39, 0.29) is 19.1 Å². The first-order valence-corrected chi connectivity index (χ1v) is 12.6. The molecule has 3 atom stereocenters. The molecule has 0 spiro atoms. The van der Waals surface area contributed by atoms with Gasteiger partial charge in [0.05, 0.1) is 29.0 Å². The maximum Gasteiger partial charge on any atom is 0.419 e. The molecule has 1 saturated heterocycles. The summed E-state index contributed by atoms with van der Waals surface area (Å²) in [5, 5.41) is 16.1. The molecule has 3 heterocycles. The molecule has 0 aliphatic carbocycles. The molecule has 5 rings (SSSR count). The molecular weight excluding hydrogens is 499 g/mol. The van der Waals surface area contributed by atoms with Crippen LogP contribution in [0.1, 0.15) is 5.56 Å². The van der Waals surface area contributed by atoms with E-state index in [0.717, 1.165) is 15.8 Å². The van der Waals surface area contributed by atoms with Gasteiger partial charge >= 0.3 is 5.76 Å². The number of oxazole rings is 1. The lowest BCUT2D eigenvalue weighted by Gasteiger charge is -2.18. The number of benzene rings is 2. The van der Waals surface area contributed by atoms with Crippen molar-refractivity contribution < 1.29 is 23.1 Å². The van der Waals surface area contributed by atoms with E-state index < -0.39 is 29.6 Å². The molecular formula is C26H25FN4O5S. The second-order valence-corrected chi connectivity index (χ2v) is 9.96. The number of halogens is 1. The van der Waals surface area contributed by atoms with E-state index in [1.54, 1.807) is 32.4 Å². The van der Waals surface area contributed by atoms with Gasteiger partial charge in [-0.1, -0.05) is 12.1 Å². The number of nitrogens with one attached hydrogen (secondary N) is 2. The van der Waals surface area contributed by atoms with Gasteiger partial charge in [0.1, 0.15) is 18.0 Å². The third-order valence-electron chi connectivity index (χ3n) is 6.49. The Kier molecular flexibility index (Phi) is 7.08. The average Bonchev–Trinajstić information content (AvgIpc) is 3.35. The molecule has 1 amide bonds. The number of hydrogen-bond acceptors (Lipinski definition) is 8. The Hall–Kier alpha value is -3.56. The molecule has 1 unspecified atom stereocenters. The highest BCUT2D eigenvalue weighted by Gasteiger charge is 2.27. The molecule has 37 heavy (non-hydrogen) atoms. The summed E-state index contributed by atoms with van der Waals surface area (Å²) >= 11 is 1.28. The zero-order chi connectivity index (χ0) is 26.1. The Bertz CT molecular complexity index is 1570. The SMILES string of the molecule is COC1CNC[C@@H](C(=O)N[C@H](C#N)Cc2ccc3cc(-c4ccc5oc(=O)n(C)c5c4)sc3c2F)OC1. The van der Waals surface area contributed by atoms with E-state index in [4.69, 9.17) is 13.9 Å². The van der Waals surface area contributed by atoms with Gasteiger partial charge in [0.25, 0.3) is 5.91 Å². The fraction of sp³-hybridized carbons (Fsp3) is 0.346. The average molecular weight is 525 g/mol. The van der Waals surface area contributed by atoms with Gasteiger partial charge in [0.15, 0.2) is 5.58 Å². The molecule has 0 radical (unpaired) electrons. The Morgan fingerprint density at radius 1 is 1.35 bits per heavy atom. The van der Waals surface area contributed by atoms with Crippen LogP contribution in [0.15, 0.2) is 45.6 Å². The van der Waals surface area contributed by atoms with Crippen molar-refractivity contribution in [2.45, 2.75) is 24.7 Å². The molecule has 1 aliphatic heterocycles. The number of aromatic nitrogens is 1. The summed E-state index contributed by atoms with van der Waals surface area (Å²) in [6.07, 6.45) is -0.911. The van der Waals surface area contributed by atoms with Gasteiger partial charge in [-0.25, -0.2) is 9.18 Å². The number of ether oxygens (including phenoxy) is 2. The normalized spacial score (nSPS) is 19.0. The zero-order valence-electron chi connectivity index (χ0n) is 20.2. The Labute approximate surface area is 215 Å². The van der Waals surface area contributed by atoms with Crippen molar-refractivity contribution in [1.82, 2.24) is 15.2 Å². The molecule has 2 aromatic carbocycles. The number of nitrogens with zero attached hydrogens (tertiary/aromatic N) is 2. The molecule has 11 heteroatoms. The lowest BCUT2D eigenvalue weighted by atomic mass is 10.0. The van der Waals surface area contributed by atoms with E-state index in [2.05, 4.69) is 16.7 Å². The molecule has 0 saturated carbocycles. The van der Waals surface area contributed by atoms with Crippen LogP contribution in [-0.4, -0.2) is 55.5 Å². The van der Waals surface area contributed by atoms with Crippen molar-refractivity contribution in [3.05, 3.63) is 58.3 Å². The second-order valence-electron chi connectivity index (χ2n) is 8.91. The van der Waals surface area contributed by atoms with Crippen LogP contribution in [0, 0.1) is 17.1 Å². The minimum absolute atomic E-state index is 0.0151. The van der Waals surface area contributed by atoms with E-state index in [9.17, 15) is 14.9 Å². The van der Waals surface area contributed by atoms with E-state index in [1.165, 1.54) is 15.9 Å². The summed E-state index contributed by atoms with van der Waals surface area (Å²) in [7, 11) is 3.21. The number of rotatable bonds is 6. The van der Waals surface area contributed by atoms with Gasteiger partial charge in [-0.05, 0) is 40.8 Å². The van der Waals surface area contributed by atoms with Crippen LogP contribution in [0.5, 0.6) is 0 Å². The standard InChI is InChI=1S/C26H25FN4O5S/c1-31-19-8-14(5-6-20(19)36-26(31)33)22-9-16-4-3-15(23(27)24(16)37-22)7-17(10-28)30-25(32)21-12-29-11-18(34-2)13-35-21/h3-6,8-9,17-18,21,29H,7,11-13H2,1-2H3,(H,30,32)/t17-,18?,21-/m0/s1. The molecule has 2 aromatic heterocycles. The lowest BCUT2D eigenvalue weighted by Crippen LogP contribution is -2.46. The number of nitriles is 1. The topological polar surface area (TPSA) is 119 Å². The van der Waals surface area contributed by atoms with Crippen molar-refractivity contribution in [2.24, 2.45) is 7.05 Å². The summed E-state index contributed by atoms with van der Waals surface area (Å²) in [4.78, 5) is 25.3. The Morgan fingerprint density at radius 3 is 2.97 bits per heavy atom. The zero-order valence-corrected chi connectivity index (χ0v) is 21.1. The first kappa shape index (κ1) is 25.1. The summed E-state index contributed by atoms with van der Waals surface area (Å²) in [5.74, 6) is -1.30. The maximum absolute atomic E-state index is 15.5. The number of carbonyl (C=O) groups excluding carboxylic acids is 1. The summed E-state index contributed by atoms with van der Waals surface area (Å²) in [6.45, 7) is 1.11. The summed E-state index contributed by atoms with van der Waals surface area (Å²) in [5.41, 5.74) is 2.30. The van der Waals surface area contributed by atoms with Crippen molar-refractivity contribution in [1.29, 1.82) is 5.26 Å². The highest BCUT2D eigenvalue weighted by molar-refractivity contribution is 7.22. The fourth-order valence-corrected chi connectivity index (χ4v) is 5.46. The smallest absolute Gasteiger partial charge is 0.408 e. The van der Waals surface area contributed by atoms with Gasteiger partial charge in [-0.15, -0.1) is 11.3 Å². The molecule has 4 aromatic rings. The fourth-order valence-electron chi connectivity index (χ4n) is 4.34. The molecule has 1 fully saturated rings. The predicted molar refractivity (Wildman–Crippen MR) is 137 cm³/mol. The summed E-state index contributed by atoms with van der Waals surface area (Å²) < 4.78 is 33.5. The van der Waals surface area contributed by atoms with E-state index in [1.807, 2.05) is 18.2 Å². The number of aryl methyl sites for hydroxylation is 1. The third-order valence-corrected chi connectivity index (χ3v) is 7.68. The van der Waals surface area contributed by atoms with E-state index in [0.29, 0.717) is 34.5 Å². The maximum atomic E-state index is 15.5. The second kappa shape index (κ2) is 10.4. The number of amides is 1. The molecule has 1 aliphatic rings. The molecule has 2 N–H and O–H groups in total. The highest BCUT2D eigenvalue weighted by atomic mass is 32.1. The quantitative estimate of drug-likeness (QED) is 0.398. The summed E-state index contributed by atoms with van der Waals surface area (Å²) in [6, 6.07) is 11.9. The minimum Gasteiger partial charge on any atom is -0.408 e. The first-order chi connectivity index (χ1) is 17.9. The Balaban J connectivity index is 1.34. The number of methoxy groups -OCH3 is 1. The first-order valence-electron chi connectivity index (χ1n) is 11.7. The van der Waals surface area contributed by atoms with Crippen LogP contribution < -0.4 is 16.4 Å². The predicted octanol–water partition coefficient (Wildman–Crippen LogP) is 2.71. The van der Waals surface area contributed by atoms with Crippen LogP contribution in [0.3, 0.4) is 0 Å². The number of carbonyl (C=O) groups is 1. The minimum atomic E-state index is -0.922. The van der Waals surface area contributed by atoms with Crippen molar-refractivity contribution in [2.75, 3.05) is 26.8 Å². The number of hydrogen-bond donors (Lipinski definition) is 2. The van der Waals surface area contributed by atoms with Crippen LogP contribution in [0.4, 0.5) is 4.39 Å². The van der Waals surface area contributed by atoms with Crippen LogP contribution in [-0.2, 0) is 27.7 Å². The van der Waals surface area contributed by atoms with Crippen molar-refractivity contribution >= 4 is 38.4 Å². The van der Waals surface area contributed by atoms with Crippen molar-refractivity contribution in [3.63, 3.8) is 0 Å². The Morgan fingerprint density at radius 2 is 2.19 bits per heavy atom. The number of thiophene rings is 1. The van der Waals surface area contributed by atoms with Gasteiger partial charge in [0, 0.05) is 38.5 Å². The van der Waals surface area contributed by atoms with Crippen molar-refractivity contribution in [3.8, 4) is 16.5 Å². The largest absolute Gasteiger partial charge is 0.419 e. The van der Waals surface area contributed by atoms with Gasteiger partial charge in [-0.3, -0.25) is 9.36 Å². The van der Waals surface area contributed by atoms with Crippen LogP contribution >= 0.6 is 11.3 Å².